The second-order valence-electron chi connectivity index (χ2n) is 17.7. The van der Waals surface area contributed by atoms with Crippen molar-refractivity contribution in [1.82, 2.24) is 15.0 Å². The van der Waals surface area contributed by atoms with Crippen LogP contribution in [0.1, 0.15) is 66.8 Å². The first kappa shape index (κ1) is 39.4. The molecular formula is C61H49N3. The van der Waals surface area contributed by atoms with Gasteiger partial charge in [0.1, 0.15) is 0 Å². The lowest BCUT2D eigenvalue weighted by molar-refractivity contribution is 0.635. The lowest BCUT2D eigenvalue weighted by Gasteiger charge is -2.29. The highest BCUT2D eigenvalue weighted by Gasteiger charge is 2.28. The fraction of sp³-hybridized carbons (Fsp3) is 0.131. The van der Waals surface area contributed by atoms with Crippen molar-refractivity contribution < 1.29 is 0 Å². The van der Waals surface area contributed by atoms with Crippen LogP contribution >= 0.6 is 0 Å². The Kier molecular flexibility index (Phi) is 10.0. The highest BCUT2D eigenvalue weighted by molar-refractivity contribution is 6.14. The first-order valence-corrected chi connectivity index (χ1v) is 22.6. The van der Waals surface area contributed by atoms with Crippen LogP contribution in [0.5, 0.6) is 0 Å². The number of hydrogen-bond acceptors (Lipinski definition) is 3. The van der Waals surface area contributed by atoms with Gasteiger partial charge in [0.05, 0.1) is 0 Å². The van der Waals surface area contributed by atoms with Gasteiger partial charge in [-0.15, -0.1) is 0 Å². The van der Waals surface area contributed by atoms with E-state index in [1.165, 1.54) is 77.2 Å². The number of hydrogen-bond donors (Lipinski definition) is 0. The molecule has 0 saturated heterocycles. The standard InChI is InChI=1S/C61H49N3/c1-38-15-8-10-19-49(38)44-31-27-42(28-32-44)43-29-33-46(34-30-43)60-62-59(45-16-6-5-7-17-45)63-61(64-60)54-24-14-23-50-40(3)35-56(41(4)58(50)54)55-36-48(26-25-39(55)2)57-37-47-18-9-11-20-51(47)52-21-12-13-22-53(52)57/h5-34,36-38,40,49H,35H2,1-4H3. The Balaban J connectivity index is 1.00. The largest absolute Gasteiger partial charge is 0.208 e. The van der Waals surface area contributed by atoms with Crippen molar-refractivity contribution in [3.63, 3.8) is 0 Å². The van der Waals surface area contributed by atoms with Crippen molar-refractivity contribution in [1.29, 1.82) is 0 Å². The lowest BCUT2D eigenvalue weighted by Crippen LogP contribution is -2.11. The normalized spacial score (nSPS) is 17.0. The van der Waals surface area contributed by atoms with Crippen molar-refractivity contribution in [3.05, 3.63) is 222 Å². The van der Waals surface area contributed by atoms with Crippen LogP contribution in [0.2, 0.25) is 0 Å². The summed E-state index contributed by atoms with van der Waals surface area (Å²) in [6.45, 7) is 9.20. The van der Waals surface area contributed by atoms with Gasteiger partial charge in [-0.05, 0) is 127 Å². The van der Waals surface area contributed by atoms with Crippen LogP contribution in [0.25, 0.3) is 89.1 Å². The molecule has 0 saturated carbocycles. The summed E-state index contributed by atoms with van der Waals surface area (Å²) in [7, 11) is 0. The maximum absolute atomic E-state index is 5.31. The van der Waals surface area contributed by atoms with E-state index in [1.807, 2.05) is 18.2 Å². The Morgan fingerprint density at radius 2 is 1.06 bits per heavy atom. The van der Waals surface area contributed by atoms with Crippen LogP contribution in [0, 0.1) is 12.8 Å². The number of nitrogens with zero attached hydrogens (tertiary/aromatic N) is 3. The van der Waals surface area contributed by atoms with Gasteiger partial charge in [0.15, 0.2) is 17.5 Å². The molecule has 0 aliphatic heterocycles. The molecule has 64 heavy (non-hydrogen) atoms. The average molecular weight is 824 g/mol. The maximum atomic E-state index is 5.31. The fourth-order valence-corrected chi connectivity index (χ4v) is 10.2. The molecule has 2 aliphatic rings. The predicted octanol–water partition coefficient (Wildman–Crippen LogP) is 16.1. The van der Waals surface area contributed by atoms with Crippen molar-refractivity contribution in [2.75, 3.05) is 0 Å². The summed E-state index contributed by atoms with van der Waals surface area (Å²) in [4.78, 5) is 15.7. The van der Waals surface area contributed by atoms with Crippen LogP contribution in [0.4, 0.5) is 0 Å². The second kappa shape index (κ2) is 16.3. The zero-order valence-corrected chi connectivity index (χ0v) is 36.8. The molecule has 11 rings (SSSR count). The minimum atomic E-state index is 0.300. The van der Waals surface area contributed by atoms with Crippen LogP contribution in [0.15, 0.2) is 194 Å². The van der Waals surface area contributed by atoms with Crippen LogP contribution < -0.4 is 0 Å². The molecule has 1 heterocycles. The SMILES string of the molecule is CC1=C(c2cc(-c3cc4ccccc4c4ccccc34)ccc2C)CC(C)c2cccc(-c3nc(-c4ccccc4)nc(-c4ccc(-c5ccc(C6C=CC=CC6C)cc5)cc4)n3)c21. The van der Waals surface area contributed by atoms with Gasteiger partial charge in [0.25, 0.3) is 0 Å². The fourth-order valence-electron chi connectivity index (χ4n) is 10.2. The van der Waals surface area contributed by atoms with Crippen molar-refractivity contribution in [2.24, 2.45) is 5.92 Å². The Bertz CT molecular complexity index is 3340. The molecule has 3 atom stereocenters. The van der Waals surface area contributed by atoms with Gasteiger partial charge >= 0.3 is 0 Å². The Labute approximate surface area is 376 Å². The van der Waals surface area contributed by atoms with E-state index < -0.39 is 0 Å². The number of aromatic nitrogens is 3. The van der Waals surface area contributed by atoms with Crippen molar-refractivity contribution in [3.8, 4) is 56.4 Å². The van der Waals surface area contributed by atoms with E-state index in [0.717, 1.165) is 28.7 Å². The molecule has 0 spiro atoms. The summed E-state index contributed by atoms with van der Waals surface area (Å²) in [5.41, 5.74) is 16.9. The number of rotatable bonds is 7. The van der Waals surface area contributed by atoms with Gasteiger partial charge in [-0.1, -0.05) is 196 Å². The molecule has 0 bridgehead atoms. The Morgan fingerprint density at radius 1 is 0.453 bits per heavy atom. The molecule has 0 amide bonds. The van der Waals surface area contributed by atoms with E-state index in [9.17, 15) is 0 Å². The first-order chi connectivity index (χ1) is 31.4. The van der Waals surface area contributed by atoms with E-state index in [-0.39, 0.29) is 0 Å². The van der Waals surface area contributed by atoms with E-state index in [4.69, 9.17) is 15.0 Å². The molecule has 3 unspecified atom stereocenters. The molecule has 0 N–H and O–H groups in total. The smallest absolute Gasteiger partial charge is 0.164 e. The van der Waals surface area contributed by atoms with Crippen LogP contribution in [-0.2, 0) is 0 Å². The van der Waals surface area contributed by atoms with Gasteiger partial charge in [-0.2, -0.15) is 0 Å². The van der Waals surface area contributed by atoms with Gasteiger partial charge in [0.2, 0.25) is 0 Å². The number of aryl methyl sites for hydroxylation is 1. The number of fused-ring (bicyclic) bond motifs is 4. The third kappa shape index (κ3) is 7.08. The summed E-state index contributed by atoms with van der Waals surface area (Å²) in [5.74, 6) is 3.19. The first-order valence-electron chi connectivity index (χ1n) is 22.6. The van der Waals surface area contributed by atoms with Gasteiger partial charge in [-0.25, -0.2) is 15.0 Å². The molecule has 3 heteroatoms. The third-order valence-electron chi connectivity index (χ3n) is 13.7. The quantitative estimate of drug-likeness (QED) is 0.150. The highest BCUT2D eigenvalue weighted by Crippen LogP contribution is 2.48. The zero-order chi connectivity index (χ0) is 43.3. The minimum Gasteiger partial charge on any atom is -0.208 e. The average Bonchev–Trinajstić information content (AvgIpc) is 3.35. The van der Waals surface area contributed by atoms with Gasteiger partial charge in [0, 0.05) is 22.6 Å². The second-order valence-corrected chi connectivity index (χ2v) is 17.7. The number of allylic oxidation sites excluding steroid dienone is 6. The summed E-state index contributed by atoms with van der Waals surface area (Å²) >= 11 is 0. The monoisotopic (exact) mass is 823 g/mol. The van der Waals surface area contributed by atoms with E-state index in [2.05, 4.69) is 204 Å². The van der Waals surface area contributed by atoms with E-state index in [0.29, 0.717) is 35.2 Å². The molecule has 308 valence electrons. The lowest BCUT2D eigenvalue weighted by atomic mass is 9.75. The Hall–Kier alpha value is -7.49. The van der Waals surface area contributed by atoms with Crippen molar-refractivity contribution >= 4 is 32.7 Å². The molecule has 8 aromatic carbocycles. The summed E-state index contributed by atoms with van der Waals surface area (Å²) in [6.07, 6.45) is 9.84. The summed E-state index contributed by atoms with van der Waals surface area (Å²) in [6, 6.07) is 61.6. The predicted molar refractivity (Wildman–Crippen MR) is 269 cm³/mol. The van der Waals surface area contributed by atoms with Crippen LogP contribution in [-0.4, -0.2) is 15.0 Å². The highest BCUT2D eigenvalue weighted by atomic mass is 15.0. The van der Waals surface area contributed by atoms with E-state index in [1.54, 1.807) is 0 Å². The molecule has 0 fully saturated rings. The molecule has 0 radical (unpaired) electrons. The summed E-state index contributed by atoms with van der Waals surface area (Å²) in [5, 5.41) is 5.10. The van der Waals surface area contributed by atoms with Crippen LogP contribution in [0.3, 0.4) is 0 Å². The molecule has 3 nitrogen and oxygen atoms in total. The topological polar surface area (TPSA) is 38.7 Å². The Morgan fingerprint density at radius 3 is 1.81 bits per heavy atom. The van der Waals surface area contributed by atoms with E-state index >= 15 is 0 Å². The third-order valence-corrected chi connectivity index (χ3v) is 13.7. The molecule has 1 aromatic heterocycles. The van der Waals surface area contributed by atoms with Gasteiger partial charge in [-0.3, -0.25) is 0 Å². The maximum Gasteiger partial charge on any atom is 0.164 e. The van der Waals surface area contributed by atoms with Gasteiger partial charge < -0.3 is 0 Å². The molecule has 9 aromatic rings. The summed E-state index contributed by atoms with van der Waals surface area (Å²) < 4.78 is 0. The molecular weight excluding hydrogens is 775 g/mol. The zero-order valence-electron chi connectivity index (χ0n) is 36.8. The van der Waals surface area contributed by atoms with Crippen molar-refractivity contribution in [2.45, 2.75) is 46.0 Å². The molecule has 2 aliphatic carbocycles. The number of benzene rings is 8. The minimum absolute atomic E-state index is 0.300.